The Bertz CT molecular complexity index is 1580. The molecule has 0 aliphatic carbocycles. The van der Waals surface area contributed by atoms with Crippen LogP contribution in [0.25, 0.3) is 0 Å². The number of carbonyl (C=O) groups excluding carboxylic acids is 3. The van der Waals surface area contributed by atoms with E-state index in [9.17, 15) is 23.7 Å². The summed E-state index contributed by atoms with van der Waals surface area (Å²) in [5.41, 5.74) is 9.13. The molecule has 11 heteroatoms. The maximum absolute atomic E-state index is 12.8. The Kier molecular flexibility index (Phi) is 22.7. The van der Waals surface area contributed by atoms with Crippen molar-refractivity contribution in [3.05, 3.63) is 103 Å². The molecule has 0 fully saturated rings. The third-order valence-corrected chi connectivity index (χ3v) is 9.99. The summed E-state index contributed by atoms with van der Waals surface area (Å²) < 4.78 is 15.1. The molecule has 0 radical (unpaired) electrons. The summed E-state index contributed by atoms with van der Waals surface area (Å²) in [4.78, 5) is 33.5. The Morgan fingerprint density at radius 2 is 1.54 bits per heavy atom. The summed E-state index contributed by atoms with van der Waals surface area (Å²) >= 11 is 0. The van der Waals surface area contributed by atoms with Gasteiger partial charge in [-0.25, -0.2) is 4.21 Å². The second-order valence-electron chi connectivity index (χ2n) is 16.1. The van der Waals surface area contributed by atoms with E-state index in [1.54, 1.807) is 19.9 Å². The van der Waals surface area contributed by atoms with E-state index in [2.05, 4.69) is 79.2 Å². The lowest BCUT2D eigenvalue weighted by atomic mass is 9.81. The van der Waals surface area contributed by atoms with Gasteiger partial charge in [0.15, 0.2) is 5.88 Å². The summed E-state index contributed by atoms with van der Waals surface area (Å²) in [6.45, 7) is 28.0. The van der Waals surface area contributed by atoms with E-state index in [0.29, 0.717) is 32.2 Å². The molecule has 0 spiro atoms. The van der Waals surface area contributed by atoms with Gasteiger partial charge in [0.25, 0.3) is 5.91 Å². The topological polar surface area (TPSA) is 163 Å². The third-order valence-electron chi connectivity index (χ3n) is 7.92. The number of amides is 3. The highest BCUT2D eigenvalue weighted by Crippen LogP contribution is 2.31. The van der Waals surface area contributed by atoms with Crippen LogP contribution in [-0.2, 0) is 30.5 Å². The van der Waals surface area contributed by atoms with Crippen molar-refractivity contribution in [2.24, 2.45) is 22.5 Å². The van der Waals surface area contributed by atoms with Crippen LogP contribution in [-0.4, -0.2) is 51.2 Å². The van der Waals surface area contributed by atoms with Crippen LogP contribution in [0.15, 0.2) is 92.0 Å². The molecule has 54 heavy (non-hydrogen) atoms. The highest BCUT2D eigenvalue weighted by atomic mass is 32.2. The van der Waals surface area contributed by atoms with Gasteiger partial charge in [0.1, 0.15) is 6.04 Å². The van der Waals surface area contributed by atoms with Crippen LogP contribution in [0.5, 0.6) is 0 Å². The van der Waals surface area contributed by atoms with Crippen molar-refractivity contribution in [1.29, 1.82) is 0 Å². The Labute approximate surface area is 326 Å². The number of anilines is 1. The smallest absolute Gasteiger partial charge is 0.253 e. The Morgan fingerprint density at radius 3 is 2.02 bits per heavy atom. The lowest BCUT2D eigenvalue weighted by molar-refractivity contribution is -0.121. The first-order chi connectivity index (χ1) is 25.0. The van der Waals surface area contributed by atoms with Crippen LogP contribution in [0.2, 0.25) is 0 Å². The standard InChI is InChI=1S/C22H41N3O3S.C15H15NO.C6H13NO/c1-9-10-13-20(21(27)25-29(8,28)17(2)3)24-18(4)19(15-22(5,6)7)12-11-14-23-16-26;1-12(17)16-15-10-6-5-9-14(15)11-13-7-3-2-4-8-13;1-6(2,3)4-5(7)8/h9,16-17,19-20,24H,1,4,8,10-15H2,2-3,5-7H3,(H,23,26)(H,25,27,28);2-10,16-17H,1,11H2;4H2,1-3H3,(H2,7,8). The zero-order valence-corrected chi connectivity index (χ0v) is 35.0. The Balaban J connectivity index is 0.000000932. The number of hydrogen-bond donors (Lipinski definition) is 6. The highest BCUT2D eigenvalue weighted by molar-refractivity contribution is 7.99. The van der Waals surface area contributed by atoms with Crippen molar-refractivity contribution in [3.8, 4) is 0 Å². The van der Waals surface area contributed by atoms with Crippen molar-refractivity contribution in [3.63, 3.8) is 0 Å². The van der Waals surface area contributed by atoms with Crippen LogP contribution >= 0.6 is 0 Å². The fourth-order valence-electron chi connectivity index (χ4n) is 5.19. The summed E-state index contributed by atoms with van der Waals surface area (Å²) in [6.07, 6.45) is 7.49. The zero-order chi connectivity index (χ0) is 41.5. The second-order valence-corrected chi connectivity index (χ2v) is 18.7. The second kappa shape index (κ2) is 24.7. The molecule has 0 saturated heterocycles. The van der Waals surface area contributed by atoms with Gasteiger partial charge in [-0.3, -0.25) is 19.1 Å². The molecule has 10 nitrogen and oxygen atoms in total. The van der Waals surface area contributed by atoms with Crippen LogP contribution in [0.1, 0.15) is 105 Å². The van der Waals surface area contributed by atoms with Crippen LogP contribution in [0.3, 0.4) is 0 Å². The molecule has 0 aliphatic heterocycles. The van der Waals surface area contributed by atoms with E-state index < -0.39 is 15.7 Å². The van der Waals surface area contributed by atoms with Crippen LogP contribution in [0, 0.1) is 16.7 Å². The lowest BCUT2D eigenvalue weighted by Gasteiger charge is -2.31. The Hall–Kier alpha value is -4.51. The molecule has 3 amide bonds. The van der Waals surface area contributed by atoms with Gasteiger partial charge in [-0.05, 0) is 98.8 Å². The van der Waals surface area contributed by atoms with E-state index in [0.717, 1.165) is 42.6 Å². The normalized spacial score (nSPS) is 13.2. The van der Waals surface area contributed by atoms with Crippen molar-refractivity contribution < 1.29 is 23.7 Å². The van der Waals surface area contributed by atoms with Gasteiger partial charge in [0.2, 0.25) is 12.3 Å². The number of primary amides is 1. The number of nitrogens with one attached hydrogen (secondary N) is 4. The molecule has 2 rings (SSSR count). The van der Waals surface area contributed by atoms with Gasteiger partial charge in [0.05, 0.1) is 0 Å². The molecule has 7 N–H and O–H groups in total. The molecule has 3 atom stereocenters. The highest BCUT2D eigenvalue weighted by Gasteiger charge is 2.26. The SMILES string of the molecule is C=C(O)Nc1ccccc1Cc1ccccc1.C=CCCC(NC(=C)C(CCCNC=O)CC(C)(C)C)C(=O)NS(=C)(=O)C(C)C.CC(C)(C)CC(N)=O. The molecule has 0 aliphatic rings. The molecule has 3 unspecified atom stereocenters. The largest absolute Gasteiger partial charge is 0.495 e. The van der Waals surface area contributed by atoms with Crippen molar-refractivity contribution in [1.82, 2.24) is 15.4 Å². The number of hydrogen-bond acceptors (Lipinski definition) is 7. The summed E-state index contributed by atoms with van der Waals surface area (Å²) in [5, 5.41) is 17.8. The minimum Gasteiger partial charge on any atom is -0.495 e. The maximum atomic E-state index is 12.8. The fraction of sp³-hybridized carbons (Fsp3) is 0.488. The van der Waals surface area contributed by atoms with Gasteiger partial charge in [-0.2, -0.15) is 0 Å². The van der Waals surface area contributed by atoms with Gasteiger partial charge in [-0.1, -0.05) is 103 Å². The van der Waals surface area contributed by atoms with E-state index in [1.807, 2.05) is 63.2 Å². The Morgan fingerprint density at radius 1 is 0.944 bits per heavy atom. The lowest BCUT2D eigenvalue weighted by Crippen LogP contribution is -2.48. The summed E-state index contributed by atoms with van der Waals surface area (Å²) in [6, 6.07) is 17.6. The van der Waals surface area contributed by atoms with Gasteiger partial charge >= 0.3 is 0 Å². The number of para-hydroxylation sites is 1. The van der Waals surface area contributed by atoms with Crippen LogP contribution < -0.4 is 26.4 Å². The molecule has 0 saturated carbocycles. The molecule has 302 valence electrons. The number of rotatable bonds is 20. The number of carbonyl (C=O) groups is 3. The van der Waals surface area contributed by atoms with E-state index in [4.69, 9.17) is 5.73 Å². The maximum Gasteiger partial charge on any atom is 0.253 e. The summed E-state index contributed by atoms with van der Waals surface area (Å²) in [7, 11) is -2.71. The average Bonchev–Trinajstić information content (AvgIpc) is 3.04. The van der Waals surface area contributed by atoms with Crippen molar-refractivity contribution in [2.75, 3.05) is 11.9 Å². The predicted octanol–water partition coefficient (Wildman–Crippen LogP) is 7.79. The quantitative estimate of drug-likeness (QED) is 0.0264. The van der Waals surface area contributed by atoms with Gasteiger partial charge in [-0.15, -0.1) is 6.58 Å². The first-order valence-corrected chi connectivity index (χ1v) is 20.3. The van der Waals surface area contributed by atoms with E-state index in [-0.39, 0.29) is 39.7 Å². The first-order valence-electron chi connectivity index (χ1n) is 18.5. The zero-order valence-electron chi connectivity index (χ0n) is 34.1. The fourth-order valence-corrected chi connectivity index (χ4v) is 5.91. The molecule has 2 aromatic rings. The number of nitrogens with two attached hydrogens (primary N) is 1. The van der Waals surface area contributed by atoms with Crippen molar-refractivity contribution in [2.45, 2.75) is 112 Å². The number of aliphatic hydroxyl groups is 1. The average molecular weight is 768 g/mol. The number of benzene rings is 2. The summed E-state index contributed by atoms with van der Waals surface area (Å²) in [5.74, 6) is 3.24. The minimum absolute atomic E-state index is 0.0366. The van der Waals surface area contributed by atoms with Crippen molar-refractivity contribution >= 4 is 39.5 Å². The van der Waals surface area contributed by atoms with E-state index in [1.165, 1.54) is 5.56 Å². The molecule has 0 bridgehead atoms. The van der Waals surface area contributed by atoms with Gasteiger partial charge < -0.3 is 26.8 Å². The molecular weight excluding hydrogens is 699 g/mol. The van der Waals surface area contributed by atoms with E-state index >= 15 is 0 Å². The third kappa shape index (κ3) is 23.9. The van der Waals surface area contributed by atoms with Crippen LogP contribution in [0.4, 0.5) is 5.69 Å². The molecule has 0 heterocycles. The monoisotopic (exact) mass is 768 g/mol. The minimum atomic E-state index is -2.71. The molecule has 2 aromatic carbocycles. The number of aliphatic hydroxyl groups excluding tert-OH is 1. The molecule has 0 aromatic heterocycles. The first kappa shape index (κ1) is 49.5. The van der Waals surface area contributed by atoms with Gasteiger partial charge in [0, 0.05) is 39.3 Å². The molecular formula is C43H69N5O5S. The predicted molar refractivity (Wildman–Crippen MR) is 229 cm³/mol. The number of allylic oxidation sites excluding steroid dienone is 2.